The molecule has 0 saturated carbocycles. The van der Waals surface area contributed by atoms with E-state index in [0.717, 1.165) is 24.2 Å². The summed E-state index contributed by atoms with van der Waals surface area (Å²) < 4.78 is 5.30. The van der Waals surface area contributed by atoms with Crippen molar-refractivity contribution >= 4 is 0 Å². The fourth-order valence-corrected chi connectivity index (χ4v) is 2.19. The summed E-state index contributed by atoms with van der Waals surface area (Å²) in [6.45, 7) is -0.0465. The van der Waals surface area contributed by atoms with E-state index < -0.39 is 0 Å². The Balaban J connectivity index is 2.44. The van der Waals surface area contributed by atoms with Crippen LogP contribution in [0.1, 0.15) is 29.2 Å². The first-order valence-corrected chi connectivity index (χ1v) is 5.32. The second-order valence-corrected chi connectivity index (χ2v) is 4.01. The molecule has 0 heterocycles. The Morgan fingerprint density at radius 2 is 2.07 bits per heavy atom. The topological polar surface area (TPSA) is 55.5 Å². The molecule has 0 saturated heterocycles. The van der Waals surface area contributed by atoms with Gasteiger partial charge in [0.05, 0.1) is 19.8 Å². The summed E-state index contributed by atoms with van der Waals surface area (Å²) in [6.07, 6.45) is 3.45. The van der Waals surface area contributed by atoms with E-state index in [2.05, 4.69) is 12.1 Å². The summed E-state index contributed by atoms with van der Waals surface area (Å²) in [5.41, 5.74) is 9.47. The summed E-state index contributed by atoms with van der Waals surface area (Å²) in [5, 5.41) is 9.08. The van der Waals surface area contributed by atoms with Gasteiger partial charge in [0, 0.05) is 5.56 Å². The molecule has 3 heteroatoms. The molecular weight excluding hydrogens is 190 g/mol. The third-order valence-electron chi connectivity index (χ3n) is 3.04. The number of nitrogens with two attached hydrogens (primary N) is 1. The lowest BCUT2D eigenvalue weighted by Gasteiger charge is -2.15. The van der Waals surface area contributed by atoms with Crippen LogP contribution in [0.4, 0.5) is 0 Å². The highest BCUT2D eigenvalue weighted by atomic mass is 16.5. The molecule has 1 unspecified atom stereocenters. The molecule has 0 aromatic heterocycles. The van der Waals surface area contributed by atoms with Crippen LogP contribution in [-0.4, -0.2) is 18.8 Å². The van der Waals surface area contributed by atoms with Crippen molar-refractivity contribution in [3.63, 3.8) is 0 Å². The number of hydrogen-bond acceptors (Lipinski definition) is 3. The minimum Gasteiger partial charge on any atom is -0.496 e. The number of benzene rings is 1. The van der Waals surface area contributed by atoms with E-state index in [0.29, 0.717) is 0 Å². The van der Waals surface area contributed by atoms with Crippen LogP contribution in [0, 0.1) is 0 Å². The van der Waals surface area contributed by atoms with Crippen LogP contribution < -0.4 is 10.5 Å². The summed E-state index contributed by atoms with van der Waals surface area (Å²) in [6, 6.07) is 3.81. The van der Waals surface area contributed by atoms with Gasteiger partial charge in [-0.15, -0.1) is 0 Å². The SMILES string of the molecule is COc1cc2c(cc1C(N)CO)CCC2. The number of aryl methyl sites for hydroxylation is 2. The Labute approximate surface area is 89.9 Å². The predicted molar refractivity (Wildman–Crippen MR) is 59.0 cm³/mol. The molecule has 82 valence electrons. The van der Waals surface area contributed by atoms with Crippen molar-refractivity contribution < 1.29 is 9.84 Å². The molecule has 1 atom stereocenters. The normalized spacial score (nSPS) is 16.2. The van der Waals surface area contributed by atoms with Gasteiger partial charge in [0.1, 0.15) is 5.75 Å². The maximum atomic E-state index is 9.08. The highest BCUT2D eigenvalue weighted by Crippen LogP contribution is 2.32. The van der Waals surface area contributed by atoms with E-state index >= 15 is 0 Å². The molecule has 0 radical (unpaired) electrons. The molecule has 1 aromatic rings. The third kappa shape index (κ3) is 1.85. The molecule has 0 spiro atoms. The molecule has 1 aliphatic rings. The molecule has 1 aromatic carbocycles. The number of hydrogen-bond donors (Lipinski definition) is 2. The van der Waals surface area contributed by atoms with Crippen molar-refractivity contribution in [2.75, 3.05) is 13.7 Å². The zero-order valence-electron chi connectivity index (χ0n) is 8.99. The van der Waals surface area contributed by atoms with Gasteiger partial charge in [0.2, 0.25) is 0 Å². The number of methoxy groups -OCH3 is 1. The molecular formula is C12H17NO2. The van der Waals surface area contributed by atoms with Crippen molar-refractivity contribution in [3.05, 3.63) is 28.8 Å². The maximum Gasteiger partial charge on any atom is 0.124 e. The standard InChI is InChI=1S/C12H17NO2/c1-15-12-6-9-4-2-3-8(9)5-10(12)11(13)7-14/h5-6,11,14H,2-4,7,13H2,1H3. The first-order chi connectivity index (χ1) is 7.26. The van der Waals surface area contributed by atoms with Crippen molar-refractivity contribution in [2.45, 2.75) is 25.3 Å². The Bertz CT molecular complexity index is 363. The van der Waals surface area contributed by atoms with E-state index in [1.54, 1.807) is 7.11 Å². The minimum atomic E-state index is -0.342. The first-order valence-electron chi connectivity index (χ1n) is 5.32. The van der Waals surface area contributed by atoms with Crippen LogP contribution in [0.15, 0.2) is 12.1 Å². The largest absolute Gasteiger partial charge is 0.496 e. The lowest BCUT2D eigenvalue weighted by molar-refractivity contribution is 0.264. The quantitative estimate of drug-likeness (QED) is 0.782. The lowest BCUT2D eigenvalue weighted by atomic mass is 10.0. The molecule has 2 rings (SSSR count). The molecule has 0 aliphatic heterocycles. The van der Waals surface area contributed by atoms with Crippen LogP contribution in [0.25, 0.3) is 0 Å². The van der Waals surface area contributed by atoms with Crippen LogP contribution >= 0.6 is 0 Å². The second-order valence-electron chi connectivity index (χ2n) is 4.01. The molecule has 3 nitrogen and oxygen atoms in total. The third-order valence-corrected chi connectivity index (χ3v) is 3.04. The number of aliphatic hydroxyl groups excluding tert-OH is 1. The van der Waals surface area contributed by atoms with Gasteiger partial charge in [-0.25, -0.2) is 0 Å². The van der Waals surface area contributed by atoms with Gasteiger partial charge in [-0.1, -0.05) is 6.07 Å². The van der Waals surface area contributed by atoms with Crippen LogP contribution in [0.2, 0.25) is 0 Å². The van der Waals surface area contributed by atoms with Gasteiger partial charge in [0.25, 0.3) is 0 Å². The molecule has 0 amide bonds. The van der Waals surface area contributed by atoms with Crippen molar-refractivity contribution in [1.29, 1.82) is 0 Å². The number of ether oxygens (including phenoxy) is 1. The monoisotopic (exact) mass is 207 g/mol. The highest BCUT2D eigenvalue weighted by Gasteiger charge is 2.18. The molecule has 3 N–H and O–H groups in total. The summed E-state index contributed by atoms with van der Waals surface area (Å²) in [7, 11) is 1.64. The number of rotatable bonds is 3. The molecule has 15 heavy (non-hydrogen) atoms. The molecule has 0 bridgehead atoms. The van der Waals surface area contributed by atoms with Gasteiger partial charge >= 0.3 is 0 Å². The summed E-state index contributed by atoms with van der Waals surface area (Å²) >= 11 is 0. The zero-order chi connectivity index (χ0) is 10.8. The average Bonchev–Trinajstić information content (AvgIpc) is 2.73. The van der Waals surface area contributed by atoms with E-state index in [4.69, 9.17) is 15.6 Å². The summed E-state index contributed by atoms with van der Waals surface area (Å²) in [5.74, 6) is 0.803. The second kappa shape index (κ2) is 4.21. The van der Waals surface area contributed by atoms with Gasteiger partial charge in [-0.3, -0.25) is 0 Å². The average molecular weight is 207 g/mol. The van der Waals surface area contributed by atoms with E-state index in [1.165, 1.54) is 17.5 Å². The van der Waals surface area contributed by atoms with Gasteiger partial charge in [-0.05, 0) is 36.5 Å². The smallest absolute Gasteiger partial charge is 0.124 e. The number of aliphatic hydroxyl groups is 1. The van der Waals surface area contributed by atoms with Crippen LogP contribution in [-0.2, 0) is 12.8 Å². The Hall–Kier alpha value is -1.06. The summed E-state index contributed by atoms with van der Waals surface area (Å²) in [4.78, 5) is 0. The van der Waals surface area contributed by atoms with E-state index in [-0.39, 0.29) is 12.6 Å². The lowest BCUT2D eigenvalue weighted by Crippen LogP contribution is -2.16. The van der Waals surface area contributed by atoms with Crippen molar-refractivity contribution in [1.82, 2.24) is 0 Å². The number of fused-ring (bicyclic) bond motifs is 1. The minimum absolute atomic E-state index is 0.0465. The van der Waals surface area contributed by atoms with Crippen molar-refractivity contribution in [3.8, 4) is 5.75 Å². The fourth-order valence-electron chi connectivity index (χ4n) is 2.19. The van der Waals surface area contributed by atoms with Gasteiger partial charge in [-0.2, -0.15) is 0 Å². The maximum absolute atomic E-state index is 9.08. The Kier molecular flexibility index (Phi) is 2.93. The van der Waals surface area contributed by atoms with Crippen LogP contribution in [0.5, 0.6) is 5.75 Å². The Morgan fingerprint density at radius 3 is 2.67 bits per heavy atom. The van der Waals surface area contributed by atoms with E-state index in [1.807, 2.05) is 0 Å². The molecule has 1 aliphatic carbocycles. The molecule has 0 fully saturated rings. The van der Waals surface area contributed by atoms with Gasteiger partial charge in [0.15, 0.2) is 0 Å². The van der Waals surface area contributed by atoms with Crippen molar-refractivity contribution in [2.24, 2.45) is 5.73 Å². The first kappa shape index (κ1) is 10.5. The Morgan fingerprint density at radius 1 is 1.40 bits per heavy atom. The highest BCUT2D eigenvalue weighted by molar-refractivity contribution is 5.46. The van der Waals surface area contributed by atoms with Crippen LogP contribution in [0.3, 0.4) is 0 Å². The predicted octanol–water partition coefficient (Wildman–Crippen LogP) is 1.18. The zero-order valence-corrected chi connectivity index (χ0v) is 8.99. The fraction of sp³-hybridized carbons (Fsp3) is 0.500. The van der Waals surface area contributed by atoms with Gasteiger partial charge < -0.3 is 15.6 Å². The van der Waals surface area contributed by atoms with E-state index in [9.17, 15) is 0 Å².